The highest BCUT2D eigenvalue weighted by Crippen LogP contribution is 2.18. The summed E-state index contributed by atoms with van der Waals surface area (Å²) in [6, 6.07) is 14.0. The van der Waals surface area contributed by atoms with Crippen LogP contribution in [0.3, 0.4) is 0 Å². The topological polar surface area (TPSA) is 67.4 Å². The van der Waals surface area contributed by atoms with Gasteiger partial charge in [-0.15, -0.1) is 0 Å². The van der Waals surface area contributed by atoms with Crippen molar-refractivity contribution in [1.82, 2.24) is 5.32 Å². The second kappa shape index (κ2) is 8.27. The number of carbonyl (C=O) groups is 2. The van der Waals surface area contributed by atoms with Crippen LogP contribution in [0.25, 0.3) is 0 Å². The van der Waals surface area contributed by atoms with Gasteiger partial charge in [-0.3, -0.25) is 9.59 Å². The number of rotatable bonds is 5. The van der Waals surface area contributed by atoms with Crippen molar-refractivity contribution in [3.8, 4) is 0 Å². The lowest BCUT2D eigenvalue weighted by atomic mass is 10.1. The average molecular weight is 403 g/mol. The summed E-state index contributed by atoms with van der Waals surface area (Å²) < 4.78 is 6.41. The molecule has 2 amide bonds. The zero-order valence-electron chi connectivity index (χ0n) is 13.6. The molecule has 0 saturated carbocycles. The largest absolute Gasteiger partial charge is 0.376 e. The van der Waals surface area contributed by atoms with Gasteiger partial charge in [0.25, 0.3) is 11.8 Å². The van der Waals surface area contributed by atoms with Crippen LogP contribution in [0, 0.1) is 0 Å². The van der Waals surface area contributed by atoms with E-state index < -0.39 is 0 Å². The van der Waals surface area contributed by atoms with Gasteiger partial charge >= 0.3 is 0 Å². The molecule has 0 aromatic heterocycles. The van der Waals surface area contributed by atoms with Crippen LogP contribution in [0.15, 0.2) is 53.0 Å². The van der Waals surface area contributed by atoms with Gasteiger partial charge in [-0.1, -0.05) is 28.1 Å². The van der Waals surface area contributed by atoms with Crippen LogP contribution >= 0.6 is 15.9 Å². The van der Waals surface area contributed by atoms with Gasteiger partial charge in [-0.2, -0.15) is 0 Å². The Bertz CT molecular complexity index is 756. The maximum Gasteiger partial charge on any atom is 0.255 e. The first kappa shape index (κ1) is 17.6. The van der Waals surface area contributed by atoms with E-state index in [1.54, 1.807) is 48.5 Å². The first-order valence-corrected chi connectivity index (χ1v) is 8.98. The van der Waals surface area contributed by atoms with Gasteiger partial charge in [-0.25, -0.2) is 0 Å². The number of amides is 2. The molecule has 0 aliphatic carbocycles. The Balaban J connectivity index is 1.68. The molecule has 6 heteroatoms. The lowest BCUT2D eigenvalue weighted by Gasteiger charge is -2.14. The summed E-state index contributed by atoms with van der Waals surface area (Å²) in [5.74, 6) is -0.478. The number of anilines is 1. The van der Waals surface area contributed by atoms with Crippen molar-refractivity contribution in [3.05, 3.63) is 64.1 Å². The van der Waals surface area contributed by atoms with Crippen LogP contribution in [0.5, 0.6) is 0 Å². The Hall–Kier alpha value is -2.18. The number of hydrogen-bond acceptors (Lipinski definition) is 3. The van der Waals surface area contributed by atoms with Crippen molar-refractivity contribution in [2.24, 2.45) is 0 Å². The number of nitrogens with one attached hydrogen (secondary N) is 2. The first-order valence-electron chi connectivity index (χ1n) is 8.19. The molecule has 5 nitrogen and oxygen atoms in total. The maximum atomic E-state index is 12.5. The van der Waals surface area contributed by atoms with Crippen LogP contribution in [-0.4, -0.2) is 31.1 Å². The van der Waals surface area contributed by atoms with Gasteiger partial charge in [0, 0.05) is 23.2 Å². The third-order valence-electron chi connectivity index (χ3n) is 4.04. The predicted octanol–water partition coefficient (Wildman–Crippen LogP) is 3.61. The normalized spacial score (nSPS) is 16.4. The van der Waals surface area contributed by atoms with Gasteiger partial charge in [0.05, 0.1) is 17.4 Å². The highest BCUT2D eigenvalue weighted by molar-refractivity contribution is 9.10. The second-order valence-corrected chi connectivity index (χ2v) is 6.77. The third kappa shape index (κ3) is 4.67. The van der Waals surface area contributed by atoms with E-state index in [4.69, 9.17) is 4.74 Å². The minimum absolute atomic E-state index is 0.0773. The highest BCUT2D eigenvalue weighted by atomic mass is 79.9. The van der Waals surface area contributed by atoms with E-state index in [1.807, 2.05) is 0 Å². The molecule has 130 valence electrons. The Kier molecular flexibility index (Phi) is 5.83. The Labute approximate surface area is 154 Å². The summed E-state index contributed by atoms with van der Waals surface area (Å²) >= 11 is 3.34. The van der Waals surface area contributed by atoms with Crippen LogP contribution in [0.2, 0.25) is 0 Å². The second-order valence-electron chi connectivity index (χ2n) is 5.85. The molecule has 2 N–H and O–H groups in total. The van der Waals surface area contributed by atoms with Crippen molar-refractivity contribution in [2.75, 3.05) is 18.5 Å². The Morgan fingerprint density at radius 2 is 1.84 bits per heavy atom. The smallest absolute Gasteiger partial charge is 0.255 e. The summed E-state index contributed by atoms with van der Waals surface area (Å²) in [4.78, 5) is 24.8. The molecule has 2 aromatic rings. The molecule has 3 rings (SSSR count). The fourth-order valence-corrected chi connectivity index (χ4v) is 2.96. The van der Waals surface area contributed by atoms with Gasteiger partial charge in [0.1, 0.15) is 0 Å². The minimum Gasteiger partial charge on any atom is -0.376 e. The highest BCUT2D eigenvalue weighted by Gasteiger charge is 2.18. The Morgan fingerprint density at radius 3 is 2.56 bits per heavy atom. The average Bonchev–Trinajstić information content (AvgIpc) is 3.14. The van der Waals surface area contributed by atoms with Gasteiger partial charge in [0.15, 0.2) is 0 Å². The molecule has 0 bridgehead atoms. The van der Waals surface area contributed by atoms with E-state index in [9.17, 15) is 9.59 Å². The number of hydrogen-bond donors (Lipinski definition) is 2. The number of ether oxygens (including phenoxy) is 1. The number of halogens is 1. The van der Waals surface area contributed by atoms with Gasteiger partial charge in [-0.05, 0) is 49.2 Å². The Morgan fingerprint density at radius 1 is 1.08 bits per heavy atom. The summed E-state index contributed by atoms with van der Waals surface area (Å²) in [7, 11) is 0. The zero-order chi connectivity index (χ0) is 17.6. The fraction of sp³-hybridized carbons (Fsp3) is 0.263. The van der Waals surface area contributed by atoms with Crippen molar-refractivity contribution >= 4 is 33.4 Å². The van der Waals surface area contributed by atoms with E-state index in [0.717, 1.165) is 23.9 Å². The standard InChI is InChI=1S/C19H19BrN2O3/c20-14-9-7-13(8-10-14)18(23)22-17-6-2-1-5-16(17)19(24)21-12-15-4-3-11-25-15/h1-2,5-10,15H,3-4,11-12H2,(H,21,24)(H,22,23)/t15-/m1/s1. The van der Waals surface area contributed by atoms with E-state index in [0.29, 0.717) is 23.4 Å². The molecule has 0 unspecified atom stereocenters. The monoisotopic (exact) mass is 402 g/mol. The van der Waals surface area contributed by atoms with Crippen LogP contribution in [-0.2, 0) is 4.74 Å². The molecule has 25 heavy (non-hydrogen) atoms. The van der Waals surface area contributed by atoms with Crippen molar-refractivity contribution in [2.45, 2.75) is 18.9 Å². The van der Waals surface area contributed by atoms with Gasteiger partial charge < -0.3 is 15.4 Å². The molecule has 2 aromatic carbocycles. The molecular formula is C19H19BrN2O3. The molecule has 1 saturated heterocycles. The SMILES string of the molecule is O=C(Nc1ccccc1C(=O)NC[C@H]1CCCO1)c1ccc(Br)cc1. The lowest BCUT2D eigenvalue weighted by Crippen LogP contribution is -2.32. The molecule has 0 radical (unpaired) electrons. The molecule has 1 aliphatic heterocycles. The zero-order valence-corrected chi connectivity index (χ0v) is 15.2. The first-order chi connectivity index (χ1) is 12.1. The van der Waals surface area contributed by atoms with Crippen LogP contribution < -0.4 is 10.6 Å². The van der Waals surface area contributed by atoms with E-state index in [1.165, 1.54) is 0 Å². The predicted molar refractivity (Wildman–Crippen MR) is 99.8 cm³/mol. The summed E-state index contributed by atoms with van der Waals surface area (Å²) in [6.07, 6.45) is 2.07. The molecule has 1 aliphatic rings. The third-order valence-corrected chi connectivity index (χ3v) is 4.57. The number of benzene rings is 2. The molecule has 1 atom stereocenters. The van der Waals surface area contributed by atoms with E-state index >= 15 is 0 Å². The van der Waals surface area contributed by atoms with E-state index in [-0.39, 0.29) is 17.9 Å². The molecule has 1 heterocycles. The lowest BCUT2D eigenvalue weighted by molar-refractivity contribution is 0.0858. The number of carbonyl (C=O) groups excluding carboxylic acids is 2. The van der Waals surface area contributed by atoms with Crippen molar-refractivity contribution < 1.29 is 14.3 Å². The van der Waals surface area contributed by atoms with Crippen LogP contribution in [0.4, 0.5) is 5.69 Å². The van der Waals surface area contributed by atoms with E-state index in [2.05, 4.69) is 26.6 Å². The molecular weight excluding hydrogens is 384 g/mol. The van der Waals surface area contributed by atoms with Crippen molar-refractivity contribution in [1.29, 1.82) is 0 Å². The quantitative estimate of drug-likeness (QED) is 0.802. The maximum absolute atomic E-state index is 12.5. The van der Waals surface area contributed by atoms with Crippen molar-refractivity contribution in [3.63, 3.8) is 0 Å². The molecule has 1 fully saturated rings. The number of para-hydroxylation sites is 1. The summed E-state index contributed by atoms with van der Waals surface area (Å²) in [5, 5.41) is 5.69. The molecule has 0 spiro atoms. The fourth-order valence-electron chi connectivity index (χ4n) is 2.69. The summed E-state index contributed by atoms with van der Waals surface area (Å²) in [6.45, 7) is 1.23. The summed E-state index contributed by atoms with van der Waals surface area (Å²) in [5.41, 5.74) is 1.45. The van der Waals surface area contributed by atoms with Gasteiger partial charge in [0.2, 0.25) is 0 Å². The minimum atomic E-state index is -0.258. The van der Waals surface area contributed by atoms with Crippen LogP contribution in [0.1, 0.15) is 33.6 Å².